The molecule has 0 atom stereocenters. The zero-order valence-corrected chi connectivity index (χ0v) is 21.4. The minimum absolute atomic E-state index is 0.186. The zero-order chi connectivity index (χ0) is 26.5. The molecule has 1 aromatic heterocycles. The van der Waals surface area contributed by atoms with Gasteiger partial charge in [0.2, 0.25) is 0 Å². The van der Waals surface area contributed by atoms with E-state index in [1.165, 1.54) is 7.11 Å². The zero-order valence-electron chi connectivity index (χ0n) is 21.4. The minimum atomic E-state index is -0.303. The lowest BCUT2D eigenvalue weighted by Gasteiger charge is -2.15. The molecule has 0 fully saturated rings. The number of nitrogens with one attached hydrogen (secondary N) is 2. The van der Waals surface area contributed by atoms with Gasteiger partial charge in [-0.3, -0.25) is 9.59 Å². The molecule has 9 nitrogen and oxygen atoms in total. The van der Waals surface area contributed by atoms with Crippen molar-refractivity contribution in [3.8, 4) is 34.4 Å². The number of amides is 1. The second-order valence-corrected chi connectivity index (χ2v) is 8.41. The first kappa shape index (κ1) is 25.6. The summed E-state index contributed by atoms with van der Waals surface area (Å²) < 4.78 is 21.8. The Bertz CT molecular complexity index is 1470. The summed E-state index contributed by atoms with van der Waals surface area (Å²) in [6.45, 7) is 4.49. The number of carbonyl (C=O) groups is 1. The Morgan fingerprint density at radius 2 is 1.59 bits per heavy atom. The third-order valence-corrected chi connectivity index (χ3v) is 5.92. The van der Waals surface area contributed by atoms with Gasteiger partial charge in [0.05, 0.1) is 33.4 Å². The van der Waals surface area contributed by atoms with Crippen LogP contribution in [0.5, 0.6) is 23.0 Å². The van der Waals surface area contributed by atoms with Crippen molar-refractivity contribution >= 4 is 16.8 Å². The fraction of sp³-hybridized carbons (Fsp3) is 0.250. The maximum Gasteiger partial charge on any atom is 0.262 e. The SMILES string of the molecule is COc1ccc(C(=O)NCCOc2c(C)cc(-c3nc4cc(OC)cc(OC)c4c(=O)[nH]3)cc2C)cc1. The standard InChI is InChI=1S/C28H29N3O6/c1-16-12-19(26-30-22-14-21(35-4)15-23(36-5)24(22)28(33)31-26)13-17(2)25(16)37-11-10-29-27(32)18-6-8-20(34-3)9-7-18/h6-9,12-15H,10-11H2,1-5H3,(H,29,32)(H,30,31,33). The van der Waals surface area contributed by atoms with Crippen molar-refractivity contribution in [2.24, 2.45) is 0 Å². The van der Waals surface area contributed by atoms with Gasteiger partial charge >= 0.3 is 0 Å². The molecule has 4 aromatic rings. The van der Waals surface area contributed by atoms with Crippen molar-refractivity contribution < 1.29 is 23.7 Å². The number of aryl methyl sites for hydroxylation is 2. The van der Waals surface area contributed by atoms with E-state index in [4.69, 9.17) is 18.9 Å². The van der Waals surface area contributed by atoms with E-state index in [9.17, 15) is 9.59 Å². The summed E-state index contributed by atoms with van der Waals surface area (Å²) in [4.78, 5) is 32.7. The average Bonchev–Trinajstić information content (AvgIpc) is 2.91. The number of hydrogen-bond acceptors (Lipinski definition) is 7. The van der Waals surface area contributed by atoms with E-state index in [1.54, 1.807) is 50.6 Å². The molecular weight excluding hydrogens is 474 g/mol. The van der Waals surface area contributed by atoms with E-state index >= 15 is 0 Å². The second kappa shape index (κ2) is 11.0. The number of ether oxygens (including phenoxy) is 4. The average molecular weight is 504 g/mol. The molecule has 0 saturated carbocycles. The summed E-state index contributed by atoms with van der Waals surface area (Å²) in [5, 5.41) is 3.21. The lowest BCUT2D eigenvalue weighted by atomic mass is 10.0. The number of aromatic nitrogens is 2. The van der Waals surface area contributed by atoms with E-state index in [1.807, 2.05) is 26.0 Å². The summed E-state index contributed by atoms with van der Waals surface area (Å²) in [6, 6.07) is 14.1. The summed E-state index contributed by atoms with van der Waals surface area (Å²) in [6.07, 6.45) is 0. The fourth-order valence-electron chi connectivity index (χ4n) is 4.10. The molecule has 37 heavy (non-hydrogen) atoms. The van der Waals surface area contributed by atoms with Crippen molar-refractivity contribution in [1.82, 2.24) is 15.3 Å². The van der Waals surface area contributed by atoms with Crippen LogP contribution >= 0.6 is 0 Å². The molecular formula is C28H29N3O6. The Labute approximate surface area is 214 Å². The van der Waals surface area contributed by atoms with Crippen molar-refractivity contribution in [3.63, 3.8) is 0 Å². The predicted octanol–water partition coefficient (Wildman–Crippen LogP) is 4.04. The molecule has 0 radical (unpaired) electrons. The Morgan fingerprint density at radius 1 is 0.919 bits per heavy atom. The maximum atomic E-state index is 12.9. The third kappa shape index (κ3) is 5.50. The summed E-state index contributed by atoms with van der Waals surface area (Å²) in [7, 11) is 4.62. The number of aromatic amines is 1. The van der Waals surface area contributed by atoms with Gasteiger partial charge in [-0.05, 0) is 61.4 Å². The number of carbonyl (C=O) groups excluding carboxylic acids is 1. The molecule has 3 aromatic carbocycles. The summed E-state index contributed by atoms with van der Waals surface area (Å²) >= 11 is 0. The van der Waals surface area contributed by atoms with Crippen molar-refractivity contribution in [2.75, 3.05) is 34.5 Å². The predicted molar refractivity (Wildman–Crippen MR) is 141 cm³/mol. The first-order valence-electron chi connectivity index (χ1n) is 11.7. The Morgan fingerprint density at radius 3 is 2.22 bits per heavy atom. The maximum absolute atomic E-state index is 12.9. The minimum Gasteiger partial charge on any atom is -0.497 e. The van der Waals surface area contributed by atoms with E-state index in [2.05, 4.69) is 15.3 Å². The Hall–Kier alpha value is -4.53. The molecule has 2 N–H and O–H groups in total. The lowest BCUT2D eigenvalue weighted by Crippen LogP contribution is -2.28. The Balaban J connectivity index is 1.49. The number of hydrogen-bond donors (Lipinski definition) is 2. The van der Waals surface area contributed by atoms with Gasteiger partial charge in [-0.2, -0.15) is 0 Å². The number of nitrogens with zero attached hydrogens (tertiary/aromatic N) is 1. The molecule has 1 heterocycles. The van der Waals surface area contributed by atoms with Gasteiger partial charge in [0.15, 0.2) is 0 Å². The highest BCUT2D eigenvalue weighted by Gasteiger charge is 2.15. The van der Waals surface area contributed by atoms with Gasteiger partial charge < -0.3 is 29.2 Å². The van der Waals surface area contributed by atoms with Crippen LogP contribution in [0.25, 0.3) is 22.3 Å². The first-order chi connectivity index (χ1) is 17.8. The number of methoxy groups -OCH3 is 3. The molecule has 0 aliphatic carbocycles. The molecule has 0 saturated heterocycles. The Kier molecular flexibility index (Phi) is 7.62. The molecule has 0 aliphatic heterocycles. The van der Waals surface area contributed by atoms with E-state index in [0.717, 1.165) is 16.7 Å². The molecule has 0 bridgehead atoms. The van der Waals surface area contributed by atoms with Crippen molar-refractivity contribution in [3.05, 3.63) is 75.6 Å². The monoisotopic (exact) mass is 503 g/mol. The van der Waals surface area contributed by atoms with Gasteiger partial charge in [-0.15, -0.1) is 0 Å². The first-order valence-corrected chi connectivity index (χ1v) is 11.7. The molecule has 4 rings (SSSR count). The number of rotatable bonds is 9. The van der Waals surface area contributed by atoms with E-state index in [-0.39, 0.29) is 11.5 Å². The normalized spacial score (nSPS) is 10.7. The molecule has 1 amide bonds. The lowest BCUT2D eigenvalue weighted by molar-refractivity contribution is 0.0947. The van der Waals surface area contributed by atoms with Crippen LogP contribution < -0.4 is 29.8 Å². The van der Waals surface area contributed by atoms with Gasteiger partial charge in [0.25, 0.3) is 11.5 Å². The fourth-order valence-corrected chi connectivity index (χ4v) is 4.10. The van der Waals surface area contributed by atoms with Crippen LogP contribution in [0, 0.1) is 13.8 Å². The second-order valence-electron chi connectivity index (χ2n) is 8.41. The largest absolute Gasteiger partial charge is 0.497 e. The number of H-pyrrole nitrogens is 1. The summed E-state index contributed by atoms with van der Waals surface area (Å²) in [5.41, 5.74) is 3.21. The topological polar surface area (TPSA) is 112 Å². The molecule has 0 unspecified atom stereocenters. The number of fused-ring (bicyclic) bond motifs is 1. The van der Waals surface area contributed by atoms with Crippen molar-refractivity contribution in [1.29, 1.82) is 0 Å². The number of benzene rings is 3. The van der Waals surface area contributed by atoms with E-state index in [0.29, 0.717) is 58.4 Å². The molecule has 0 spiro atoms. The van der Waals surface area contributed by atoms with Crippen molar-refractivity contribution in [2.45, 2.75) is 13.8 Å². The van der Waals surface area contributed by atoms with Crippen LogP contribution in [0.4, 0.5) is 0 Å². The highest BCUT2D eigenvalue weighted by atomic mass is 16.5. The molecule has 0 aliphatic rings. The van der Waals surface area contributed by atoms with Crippen LogP contribution in [-0.4, -0.2) is 50.4 Å². The molecule has 192 valence electrons. The smallest absolute Gasteiger partial charge is 0.262 e. The van der Waals surface area contributed by atoms with Gasteiger partial charge in [0.1, 0.15) is 40.8 Å². The quantitative estimate of drug-likeness (QED) is 0.332. The highest BCUT2D eigenvalue weighted by Crippen LogP contribution is 2.31. The van der Waals surface area contributed by atoms with Crippen LogP contribution in [0.1, 0.15) is 21.5 Å². The van der Waals surface area contributed by atoms with Crippen LogP contribution in [-0.2, 0) is 0 Å². The van der Waals surface area contributed by atoms with Crippen LogP contribution in [0.2, 0.25) is 0 Å². The van der Waals surface area contributed by atoms with Gasteiger partial charge in [0, 0.05) is 23.3 Å². The van der Waals surface area contributed by atoms with Gasteiger partial charge in [-0.25, -0.2) is 4.98 Å². The van der Waals surface area contributed by atoms with Gasteiger partial charge in [-0.1, -0.05) is 0 Å². The van der Waals surface area contributed by atoms with Crippen LogP contribution in [0.3, 0.4) is 0 Å². The third-order valence-electron chi connectivity index (χ3n) is 5.92. The molecule has 9 heteroatoms. The van der Waals surface area contributed by atoms with Crippen LogP contribution in [0.15, 0.2) is 53.3 Å². The van der Waals surface area contributed by atoms with E-state index < -0.39 is 0 Å². The highest BCUT2D eigenvalue weighted by molar-refractivity contribution is 5.94. The summed E-state index contributed by atoms with van der Waals surface area (Å²) in [5.74, 6) is 2.59.